The van der Waals surface area contributed by atoms with E-state index in [1.54, 1.807) is 22.7 Å². The van der Waals surface area contributed by atoms with E-state index in [-0.39, 0.29) is 49.6 Å². The number of hydrogen-bond acceptors (Lipinski definition) is 12. The lowest BCUT2D eigenvalue weighted by Crippen LogP contribution is -2.57. The number of nitrogens with zero attached hydrogens (tertiary/aromatic N) is 6. The molecule has 0 spiro atoms. The van der Waals surface area contributed by atoms with Gasteiger partial charge >= 0.3 is 5.97 Å². The van der Waals surface area contributed by atoms with Crippen LogP contribution in [0.15, 0.2) is 83.3 Å². The molecule has 3 aromatic carbocycles. The minimum atomic E-state index is -0.936. The number of aliphatic imine (C=N–C) groups is 1. The van der Waals surface area contributed by atoms with Gasteiger partial charge in [0.2, 0.25) is 17.7 Å². The molecule has 2 aliphatic heterocycles. The number of fused-ring (bicyclic) bond motifs is 3. The van der Waals surface area contributed by atoms with Gasteiger partial charge in [0.1, 0.15) is 29.0 Å². The van der Waals surface area contributed by atoms with E-state index in [0.29, 0.717) is 18.1 Å². The highest BCUT2D eigenvalue weighted by molar-refractivity contribution is 7.15. The number of thiophene rings is 1. The predicted octanol–water partition coefficient (Wildman–Crippen LogP) is 8.11. The number of benzene rings is 3. The van der Waals surface area contributed by atoms with Crippen molar-refractivity contribution in [1.82, 2.24) is 35.3 Å². The number of esters is 1. The SMILES string of the molecule is COC(=O)C[C@@H]1N=C(c2ccc(-c3cccc(CCC(=O)NC(C(=O)N4C[C@H](O)C[C@H]4C(=O)N[C@@H](C)c4ccc(-c5scnc5C)cc4)C(C)(C)C)c3)cc2)c2c(sc(C)c2C)-n2c(C)nnc21. The van der Waals surface area contributed by atoms with Crippen molar-refractivity contribution in [3.8, 4) is 26.6 Å². The lowest BCUT2D eigenvalue weighted by Gasteiger charge is -2.35. The van der Waals surface area contributed by atoms with Gasteiger partial charge in [-0.1, -0.05) is 93.6 Å². The van der Waals surface area contributed by atoms with E-state index in [9.17, 15) is 24.3 Å². The van der Waals surface area contributed by atoms with Gasteiger partial charge in [-0.3, -0.25) is 28.7 Å². The molecule has 5 heterocycles. The van der Waals surface area contributed by atoms with Gasteiger partial charge in [0.25, 0.3) is 0 Å². The topological polar surface area (TPSA) is 181 Å². The maximum absolute atomic E-state index is 14.3. The number of amides is 3. The summed E-state index contributed by atoms with van der Waals surface area (Å²) in [5.74, 6) is -0.127. The highest BCUT2D eigenvalue weighted by atomic mass is 32.1. The Morgan fingerprint density at radius 1 is 0.912 bits per heavy atom. The van der Waals surface area contributed by atoms with Crippen LogP contribution in [0.5, 0.6) is 0 Å². The number of aliphatic hydroxyl groups is 1. The third-order valence-corrected chi connectivity index (χ3v) is 15.1. The Morgan fingerprint density at radius 2 is 1.62 bits per heavy atom. The predicted molar refractivity (Wildman–Crippen MR) is 265 cm³/mol. The number of ether oxygens (including phenoxy) is 1. The van der Waals surface area contributed by atoms with Crippen molar-refractivity contribution < 1.29 is 29.0 Å². The van der Waals surface area contributed by atoms with Crippen LogP contribution in [0, 0.1) is 33.1 Å². The summed E-state index contributed by atoms with van der Waals surface area (Å²) in [6, 6.07) is 21.4. The summed E-state index contributed by atoms with van der Waals surface area (Å²) in [4.78, 5) is 67.6. The number of aromatic nitrogens is 4. The van der Waals surface area contributed by atoms with E-state index in [0.717, 1.165) is 70.7 Å². The average Bonchev–Trinajstić information content (AvgIpc) is 4.09. The summed E-state index contributed by atoms with van der Waals surface area (Å²) in [7, 11) is 1.37. The van der Waals surface area contributed by atoms with Crippen molar-refractivity contribution in [3.63, 3.8) is 0 Å². The lowest BCUT2D eigenvalue weighted by atomic mass is 9.85. The zero-order chi connectivity index (χ0) is 48.6. The maximum Gasteiger partial charge on any atom is 0.308 e. The second-order valence-corrected chi connectivity index (χ2v) is 20.9. The van der Waals surface area contributed by atoms with Gasteiger partial charge < -0.3 is 25.4 Å². The quantitative estimate of drug-likeness (QED) is 0.0964. The Hall–Kier alpha value is -6.36. The molecule has 0 saturated carbocycles. The van der Waals surface area contributed by atoms with E-state index in [1.165, 1.54) is 12.0 Å². The number of nitrogens with one attached hydrogen (secondary N) is 2. The molecule has 2 aliphatic rings. The van der Waals surface area contributed by atoms with Crippen molar-refractivity contribution >= 4 is 52.1 Å². The number of methoxy groups -OCH3 is 1. The first kappa shape index (κ1) is 48.1. The van der Waals surface area contributed by atoms with Crippen LogP contribution in [-0.4, -0.2) is 91.0 Å². The maximum atomic E-state index is 14.3. The molecule has 354 valence electrons. The van der Waals surface area contributed by atoms with Crippen LogP contribution >= 0.6 is 22.7 Å². The smallest absolute Gasteiger partial charge is 0.308 e. The molecule has 3 amide bonds. The summed E-state index contributed by atoms with van der Waals surface area (Å²) in [5.41, 5.74) is 10.7. The third-order valence-electron chi connectivity index (χ3n) is 12.9. The zero-order valence-corrected chi connectivity index (χ0v) is 41.5. The largest absolute Gasteiger partial charge is 0.469 e. The molecule has 1 unspecified atom stereocenters. The minimum absolute atomic E-state index is 0.00779. The standard InChI is InChI=1S/C52H58N8O6S2/c1-28-31(4)68-51-44(28)45(55-40(25-43(63)66-9)48-58-57-32(5)60(48)51)36-18-16-35(17-19-36)38-12-10-11-33(23-38)13-22-42(62)56-47(52(6,7)8)50(65)59-26-39(61)24-41(59)49(64)54-29(2)34-14-20-37(21-15-34)46-30(3)53-27-67-46/h10-12,14-21,23,27,29,39-41,47,61H,13,22,24-26H2,1-9H3,(H,54,64)(H,56,62)/t29-,39+,40-,41-,47?/m0/s1. The molecule has 16 heteroatoms. The molecule has 1 saturated heterocycles. The van der Waals surface area contributed by atoms with Crippen LogP contribution in [0.2, 0.25) is 0 Å². The van der Waals surface area contributed by atoms with Gasteiger partial charge in [0.05, 0.1) is 47.5 Å². The molecule has 0 bridgehead atoms. The number of β-amino-alcohol motifs (C(OH)–C–C–N with tert-alkyl or cyclic N) is 1. The van der Waals surface area contributed by atoms with Gasteiger partial charge in [-0.15, -0.1) is 32.9 Å². The van der Waals surface area contributed by atoms with Crippen molar-refractivity contribution in [2.24, 2.45) is 10.4 Å². The lowest BCUT2D eigenvalue weighted by molar-refractivity contribution is -0.144. The molecular formula is C52H58N8O6S2. The summed E-state index contributed by atoms with van der Waals surface area (Å²) < 4.78 is 7.05. The minimum Gasteiger partial charge on any atom is -0.469 e. The second kappa shape index (κ2) is 19.7. The number of rotatable bonds is 13. The zero-order valence-electron chi connectivity index (χ0n) is 39.9. The Kier molecular flexibility index (Phi) is 13.9. The molecule has 0 aliphatic carbocycles. The third kappa shape index (κ3) is 9.94. The summed E-state index contributed by atoms with van der Waals surface area (Å²) in [5, 5.41) is 26.6. The van der Waals surface area contributed by atoms with Crippen LogP contribution in [0.4, 0.5) is 0 Å². The van der Waals surface area contributed by atoms with Crippen molar-refractivity contribution in [2.75, 3.05) is 13.7 Å². The molecule has 0 radical (unpaired) electrons. The number of hydrogen-bond donors (Lipinski definition) is 3. The fourth-order valence-corrected chi connectivity index (χ4v) is 11.0. The van der Waals surface area contributed by atoms with E-state index >= 15 is 0 Å². The Morgan fingerprint density at radius 3 is 2.29 bits per heavy atom. The van der Waals surface area contributed by atoms with Gasteiger partial charge in [-0.25, -0.2) is 4.98 Å². The second-order valence-electron chi connectivity index (χ2n) is 18.8. The average molecular weight is 955 g/mol. The molecule has 68 heavy (non-hydrogen) atoms. The van der Waals surface area contributed by atoms with E-state index in [4.69, 9.17) is 9.73 Å². The summed E-state index contributed by atoms with van der Waals surface area (Å²) in [6.45, 7) is 15.6. The Labute approximate surface area is 404 Å². The van der Waals surface area contributed by atoms with Crippen LogP contribution in [0.3, 0.4) is 0 Å². The van der Waals surface area contributed by atoms with Gasteiger partial charge in [0.15, 0.2) is 5.82 Å². The first-order valence-corrected chi connectivity index (χ1v) is 24.6. The van der Waals surface area contributed by atoms with Crippen molar-refractivity contribution in [1.29, 1.82) is 0 Å². The first-order valence-electron chi connectivity index (χ1n) is 22.9. The van der Waals surface area contributed by atoms with Gasteiger partial charge in [0, 0.05) is 35.4 Å². The summed E-state index contributed by atoms with van der Waals surface area (Å²) >= 11 is 3.23. The fourth-order valence-electron chi connectivity index (χ4n) is 9.00. The van der Waals surface area contributed by atoms with Crippen LogP contribution in [0.25, 0.3) is 26.6 Å². The molecule has 6 aromatic rings. The van der Waals surface area contributed by atoms with Crippen LogP contribution in [-0.2, 0) is 30.3 Å². The Balaban J connectivity index is 0.930. The van der Waals surface area contributed by atoms with Gasteiger partial charge in [-0.2, -0.15) is 0 Å². The summed E-state index contributed by atoms with van der Waals surface area (Å²) in [6.07, 6.45) is -0.190. The molecule has 1 fully saturated rings. The van der Waals surface area contributed by atoms with E-state index in [2.05, 4.69) is 57.9 Å². The van der Waals surface area contributed by atoms with Crippen molar-refractivity contribution in [2.45, 2.75) is 111 Å². The number of carbonyl (C=O) groups excluding carboxylic acids is 4. The number of aliphatic hydroxyl groups excluding tert-OH is 1. The fraction of sp³-hybridized carbons (Fsp3) is 0.385. The number of likely N-dealkylation sites (tertiary alicyclic amines) is 1. The number of aryl methyl sites for hydroxylation is 4. The highest BCUT2D eigenvalue weighted by Gasteiger charge is 2.45. The number of thiazole rings is 1. The van der Waals surface area contributed by atoms with E-state index in [1.807, 2.05) is 106 Å². The molecule has 14 nitrogen and oxygen atoms in total. The molecule has 5 atom stereocenters. The van der Waals surface area contributed by atoms with E-state index < -0.39 is 35.6 Å². The molecule has 8 rings (SSSR count). The monoisotopic (exact) mass is 954 g/mol. The van der Waals surface area contributed by atoms with Crippen molar-refractivity contribution in [3.05, 3.63) is 128 Å². The molecule has 3 N–H and O–H groups in total. The molecule has 3 aromatic heterocycles. The molecular weight excluding hydrogens is 897 g/mol. The first-order chi connectivity index (χ1) is 32.4. The van der Waals surface area contributed by atoms with Gasteiger partial charge in [-0.05, 0) is 79.8 Å². The van der Waals surface area contributed by atoms with Crippen LogP contribution in [0.1, 0.15) is 109 Å². The number of carbonyl (C=O) groups is 4. The van der Waals surface area contributed by atoms with Crippen LogP contribution < -0.4 is 10.6 Å². The Bertz CT molecular complexity index is 2890. The highest BCUT2D eigenvalue weighted by Crippen LogP contribution is 2.40. The normalized spacial score (nSPS) is 17.6.